The monoisotopic (exact) mass is 367 g/mol. The van der Waals surface area contributed by atoms with Gasteiger partial charge in [-0.1, -0.05) is 24.3 Å². The number of nitrogen functional groups attached to an aromatic ring is 1. The number of para-hydroxylation sites is 1. The summed E-state index contributed by atoms with van der Waals surface area (Å²) in [6.07, 6.45) is 1.92. The van der Waals surface area contributed by atoms with E-state index in [0.717, 1.165) is 25.9 Å². The molecule has 0 saturated carbocycles. The van der Waals surface area contributed by atoms with Crippen molar-refractivity contribution in [1.82, 2.24) is 5.32 Å². The molecule has 0 aliphatic carbocycles. The highest BCUT2D eigenvalue weighted by Crippen LogP contribution is 2.19. The van der Waals surface area contributed by atoms with Crippen LogP contribution in [-0.4, -0.2) is 25.0 Å². The number of benzene rings is 2. The standard InChI is InChI=1S/C18H21N3O.2ClH/c19-15-6-4-5-14(13-15)18(22)20-16-9-11-21(12-10-16)17-7-2-1-3-8-17;;/h1-8,13,16H,9-12,19H2,(H,20,22);2*1H. The minimum Gasteiger partial charge on any atom is -0.399 e. The largest absolute Gasteiger partial charge is 0.399 e. The van der Waals surface area contributed by atoms with Crippen molar-refractivity contribution in [3.63, 3.8) is 0 Å². The van der Waals surface area contributed by atoms with Crippen LogP contribution in [0.1, 0.15) is 23.2 Å². The fourth-order valence-corrected chi connectivity index (χ4v) is 2.87. The number of nitrogens with zero attached hydrogens (tertiary/aromatic N) is 1. The Morgan fingerprint density at radius 2 is 1.67 bits per heavy atom. The van der Waals surface area contributed by atoms with Gasteiger partial charge in [0.15, 0.2) is 0 Å². The van der Waals surface area contributed by atoms with Crippen molar-refractivity contribution in [1.29, 1.82) is 0 Å². The second kappa shape index (κ2) is 9.40. The lowest BCUT2D eigenvalue weighted by Crippen LogP contribution is -2.44. The van der Waals surface area contributed by atoms with Gasteiger partial charge in [0.2, 0.25) is 0 Å². The zero-order valence-corrected chi connectivity index (χ0v) is 15.0. The van der Waals surface area contributed by atoms with Gasteiger partial charge in [-0.2, -0.15) is 0 Å². The van der Waals surface area contributed by atoms with E-state index in [2.05, 4.69) is 34.5 Å². The third kappa shape index (κ3) is 5.05. The Hall–Kier alpha value is -1.91. The third-order valence-corrected chi connectivity index (χ3v) is 4.10. The number of hydrogen-bond acceptors (Lipinski definition) is 3. The third-order valence-electron chi connectivity index (χ3n) is 4.10. The first-order chi connectivity index (χ1) is 10.7. The number of carbonyl (C=O) groups excluding carboxylic acids is 1. The van der Waals surface area contributed by atoms with Crippen molar-refractivity contribution in [3.8, 4) is 0 Å². The lowest BCUT2D eigenvalue weighted by molar-refractivity contribution is 0.0931. The summed E-state index contributed by atoms with van der Waals surface area (Å²) in [5, 5.41) is 3.11. The number of nitrogens with one attached hydrogen (secondary N) is 1. The molecule has 0 spiro atoms. The number of rotatable bonds is 3. The van der Waals surface area contributed by atoms with Crippen molar-refractivity contribution in [2.24, 2.45) is 0 Å². The van der Waals surface area contributed by atoms with Gasteiger partial charge in [-0.25, -0.2) is 0 Å². The SMILES string of the molecule is Cl.Cl.Nc1cccc(C(=O)NC2CCN(c3ccccc3)CC2)c1. The van der Waals surface area contributed by atoms with Gasteiger partial charge in [-0.15, -0.1) is 24.8 Å². The van der Waals surface area contributed by atoms with Crippen LogP contribution >= 0.6 is 24.8 Å². The lowest BCUT2D eigenvalue weighted by Gasteiger charge is -2.34. The van der Waals surface area contributed by atoms with Gasteiger partial charge < -0.3 is 16.0 Å². The minimum absolute atomic E-state index is 0. The second-order valence-corrected chi connectivity index (χ2v) is 5.70. The van der Waals surface area contributed by atoms with E-state index in [1.54, 1.807) is 18.2 Å². The van der Waals surface area contributed by atoms with E-state index in [-0.39, 0.29) is 36.8 Å². The quantitative estimate of drug-likeness (QED) is 0.816. The van der Waals surface area contributed by atoms with Crippen molar-refractivity contribution in [2.45, 2.75) is 18.9 Å². The lowest BCUT2D eigenvalue weighted by atomic mass is 10.0. The number of piperidine rings is 1. The molecule has 1 aliphatic heterocycles. The maximum Gasteiger partial charge on any atom is 0.251 e. The topological polar surface area (TPSA) is 58.4 Å². The van der Waals surface area contributed by atoms with Gasteiger partial charge in [0, 0.05) is 36.1 Å². The Morgan fingerprint density at radius 3 is 2.29 bits per heavy atom. The average Bonchev–Trinajstić information content (AvgIpc) is 2.56. The normalized spacial score (nSPS) is 14.2. The van der Waals surface area contributed by atoms with E-state index in [4.69, 9.17) is 5.73 Å². The van der Waals surface area contributed by atoms with Crippen LogP contribution in [0.25, 0.3) is 0 Å². The zero-order valence-electron chi connectivity index (χ0n) is 13.4. The predicted octanol–water partition coefficient (Wildman–Crippen LogP) is 3.51. The number of halogens is 2. The zero-order chi connectivity index (χ0) is 15.4. The average molecular weight is 368 g/mol. The molecule has 0 atom stereocenters. The first kappa shape index (κ1) is 20.1. The number of carbonyl (C=O) groups is 1. The molecule has 1 aliphatic rings. The van der Waals surface area contributed by atoms with Crippen molar-refractivity contribution in [2.75, 3.05) is 23.7 Å². The van der Waals surface area contributed by atoms with Crippen LogP contribution in [-0.2, 0) is 0 Å². The molecule has 0 unspecified atom stereocenters. The van der Waals surface area contributed by atoms with Gasteiger partial charge in [-0.3, -0.25) is 4.79 Å². The molecule has 0 aromatic heterocycles. The van der Waals surface area contributed by atoms with Gasteiger partial charge >= 0.3 is 0 Å². The fourth-order valence-electron chi connectivity index (χ4n) is 2.87. The van der Waals surface area contributed by atoms with Gasteiger partial charge in [0.05, 0.1) is 0 Å². The maximum atomic E-state index is 12.2. The number of anilines is 2. The van der Waals surface area contributed by atoms with E-state index in [1.807, 2.05) is 12.1 Å². The summed E-state index contributed by atoms with van der Waals surface area (Å²) in [4.78, 5) is 14.6. The first-order valence-electron chi connectivity index (χ1n) is 7.69. The Labute approximate surface area is 155 Å². The molecule has 130 valence electrons. The number of hydrogen-bond donors (Lipinski definition) is 2. The van der Waals surface area contributed by atoms with E-state index in [9.17, 15) is 4.79 Å². The molecule has 3 N–H and O–H groups in total. The van der Waals surface area contributed by atoms with Crippen LogP contribution in [0, 0.1) is 0 Å². The predicted molar refractivity (Wildman–Crippen MR) is 104 cm³/mol. The molecule has 1 heterocycles. The van der Waals surface area contributed by atoms with Gasteiger partial charge in [0.25, 0.3) is 5.91 Å². The van der Waals surface area contributed by atoms with Crippen LogP contribution in [0.4, 0.5) is 11.4 Å². The molecule has 0 radical (unpaired) electrons. The first-order valence-corrected chi connectivity index (χ1v) is 7.69. The molecule has 4 nitrogen and oxygen atoms in total. The molecule has 1 saturated heterocycles. The van der Waals surface area contributed by atoms with Crippen LogP contribution in [0.15, 0.2) is 54.6 Å². The summed E-state index contributed by atoms with van der Waals surface area (Å²) in [7, 11) is 0. The molecule has 1 fully saturated rings. The minimum atomic E-state index is -0.0366. The molecule has 3 rings (SSSR count). The van der Waals surface area contributed by atoms with Gasteiger partial charge in [0.1, 0.15) is 0 Å². The van der Waals surface area contributed by atoms with E-state index in [0.29, 0.717) is 11.3 Å². The summed E-state index contributed by atoms with van der Waals surface area (Å²) in [6, 6.07) is 17.7. The summed E-state index contributed by atoms with van der Waals surface area (Å²) in [6.45, 7) is 1.93. The highest BCUT2D eigenvalue weighted by atomic mass is 35.5. The van der Waals surface area contributed by atoms with Crippen LogP contribution in [0.2, 0.25) is 0 Å². The van der Waals surface area contributed by atoms with E-state index in [1.165, 1.54) is 5.69 Å². The molecular weight excluding hydrogens is 345 g/mol. The Kier molecular flexibility index (Phi) is 7.89. The highest BCUT2D eigenvalue weighted by Gasteiger charge is 2.21. The summed E-state index contributed by atoms with van der Waals surface area (Å²) < 4.78 is 0. The smallest absolute Gasteiger partial charge is 0.251 e. The van der Waals surface area contributed by atoms with Crippen molar-refractivity contribution >= 4 is 42.1 Å². The van der Waals surface area contributed by atoms with E-state index >= 15 is 0 Å². The van der Waals surface area contributed by atoms with Crippen molar-refractivity contribution < 1.29 is 4.79 Å². The number of nitrogens with two attached hydrogens (primary N) is 1. The maximum absolute atomic E-state index is 12.2. The van der Waals surface area contributed by atoms with Crippen LogP contribution in [0.5, 0.6) is 0 Å². The van der Waals surface area contributed by atoms with Crippen LogP contribution < -0.4 is 16.0 Å². The molecular formula is C18H23Cl2N3O. The molecule has 6 heteroatoms. The Balaban J connectivity index is 0.00000144. The van der Waals surface area contributed by atoms with E-state index < -0.39 is 0 Å². The number of amides is 1. The summed E-state index contributed by atoms with van der Waals surface area (Å²) in [5.41, 5.74) is 8.23. The molecule has 2 aromatic carbocycles. The summed E-state index contributed by atoms with van der Waals surface area (Å²) in [5.74, 6) is -0.0366. The fraction of sp³-hybridized carbons (Fsp3) is 0.278. The Morgan fingerprint density at radius 1 is 1.00 bits per heavy atom. The molecule has 24 heavy (non-hydrogen) atoms. The molecule has 1 amide bonds. The second-order valence-electron chi connectivity index (χ2n) is 5.70. The molecule has 0 bridgehead atoms. The Bertz CT molecular complexity index is 644. The van der Waals surface area contributed by atoms with Gasteiger partial charge in [-0.05, 0) is 43.2 Å². The van der Waals surface area contributed by atoms with Crippen LogP contribution in [0.3, 0.4) is 0 Å². The highest BCUT2D eigenvalue weighted by molar-refractivity contribution is 5.95. The van der Waals surface area contributed by atoms with Crippen molar-refractivity contribution in [3.05, 3.63) is 60.2 Å². The summed E-state index contributed by atoms with van der Waals surface area (Å²) >= 11 is 0. The molecule has 2 aromatic rings.